The zero-order valence-electron chi connectivity index (χ0n) is 34.8. The lowest BCUT2D eigenvalue weighted by Crippen LogP contribution is -2.32. The standard InChI is InChI=1S/C59H43NS/c1-57(2)46-21-9-5-17-39(46)43-30-28-37(33-51(43)57)60(38-29-31-44-40-18-6-10-22-47(40)58(3,4)52(44)34-38)54-26-15-16-36-32-53-56(35-45(36)54)61-55-27-14-13-25-50(55)59(53)48-23-11-7-19-41(48)42-20-8-12-24-49(42)59/h5-35H,1-4H3. The fourth-order valence-electron chi connectivity index (χ4n) is 11.9. The third-order valence-electron chi connectivity index (χ3n) is 14.7. The van der Waals surface area contributed by atoms with E-state index in [9.17, 15) is 0 Å². The van der Waals surface area contributed by atoms with Crippen LogP contribution in [0.1, 0.15) is 72.2 Å². The Morgan fingerprint density at radius 3 is 1.36 bits per heavy atom. The smallest absolute Gasteiger partial charge is 0.0735 e. The minimum Gasteiger partial charge on any atom is -0.310 e. The molecule has 1 spiro atoms. The molecule has 13 rings (SSSR count). The van der Waals surface area contributed by atoms with E-state index in [4.69, 9.17) is 0 Å². The SMILES string of the molecule is CC1(C)c2ccccc2-c2ccc(N(c3ccc4c(c3)C(C)(C)c3ccccc3-4)c3cccc4cc5c(cc34)Sc3ccccc3C53c4ccccc4-c4ccccc43)cc21. The van der Waals surface area contributed by atoms with E-state index < -0.39 is 5.41 Å². The Hall–Kier alpha value is -6.61. The van der Waals surface area contributed by atoms with Crippen LogP contribution in [-0.2, 0) is 16.2 Å². The Bertz CT molecular complexity index is 3210. The topological polar surface area (TPSA) is 3.24 Å². The highest BCUT2D eigenvalue weighted by Gasteiger charge is 2.50. The third kappa shape index (κ3) is 4.53. The highest BCUT2D eigenvalue weighted by Crippen LogP contribution is 2.63. The molecular formula is C59H43NS. The van der Waals surface area contributed by atoms with E-state index >= 15 is 0 Å². The van der Waals surface area contributed by atoms with E-state index in [1.165, 1.54) is 116 Å². The summed E-state index contributed by atoms with van der Waals surface area (Å²) in [6, 6.07) is 71.6. The van der Waals surface area contributed by atoms with Crippen molar-refractivity contribution < 1.29 is 0 Å². The Morgan fingerprint density at radius 1 is 0.344 bits per heavy atom. The monoisotopic (exact) mass is 797 g/mol. The van der Waals surface area contributed by atoms with Crippen molar-refractivity contribution in [2.24, 2.45) is 0 Å². The molecule has 9 aromatic rings. The van der Waals surface area contributed by atoms with Crippen molar-refractivity contribution in [3.05, 3.63) is 233 Å². The number of benzene rings is 9. The molecule has 4 aliphatic rings. The predicted octanol–water partition coefficient (Wildman–Crippen LogP) is 15.7. The van der Waals surface area contributed by atoms with Crippen molar-refractivity contribution in [3.63, 3.8) is 0 Å². The van der Waals surface area contributed by atoms with Gasteiger partial charge < -0.3 is 4.90 Å². The first kappa shape index (κ1) is 35.2. The van der Waals surface area contributed by atoms with Gasteiger partial charge in [0.05, 0.1) is 11.1 Å². The number of nitrogens with zero attached hydrogens (tertiary/aromatic N) is 1. The van der Waals surface area contributed by atoms with E-state index in [1.807, 2.05) is 11.8 Å². The molecule has 0 saturated carbocycles. The lowest BCUT2D eigenvalue weighted by atomic mass is 9.67. The van der Waals surface area contributed by atoms with Gasteiger partial charge in [-0.2, -0.15) is 0 Å². The van der Waals surface area contributed by atoms with Crippen molar-refractivity contribution in [2.75, 3.05) is 4.90 Å². The molecule has 1 aliphatic heterocycles. The summed E-state index contributed by atoms with van der Waals surface area (Å²) < 4.78 is 0. The Morgan fingerprint density at radius 2 is 0.803 bits per heavy atom. The summed E-state index contributed by atoms with van der Waals surface area (Å²) in [5, 5.41) is 2.49. The number of rotatable bonds is 3. The maximum Gasteiger partial charge on any atom is 0.0735 e. The van der Waals surface area contributed by atoms with Crippen LogP contribution in [0.3, 0.4) is 0 Å². The molecular weight excluding hydrogens is 755 g/mol. The molecule has 1 heterocycles. The molecule has 0 radical (unpaired) electrons. The fraction of sp³-hybridized carbons (Fsp3) is 0.119. The molecule has 0 fully saturated rings. The van der Waals surface area contributed by atoms with Crippen LogP contribution in [0.4, 0.5) is 17.1 Å². The molecule has 61 heavy (non-hydrogen) atoms. The molecule has 0 aromatic heterocycles. The van der Waals surface area contributed by atoms with Crippen molar-refractivity contribution in [1.29, 1.82) is 0 Å². The summed E-state index contributed by atoms with van der Waals surface area (Å²) in [5.74, 6) is 0. The van der Waals surface area contributed by atoms with Crippen LogP contribution in [0.2, 0.25) is 0 Å². The Balaban J connectivity index is 1.07. The summed E-state index contributed by atoms with van der Waals surface area (Å²) in [7, 11) is 0. The average molecular weight is 798 g/mol. The first-order valence-corrected chi connectivity index (χ1v) is 22.4. The van der Waals surface area contributed by atoms with Crippen LogP contribution in [0, 0.1) is 0 Å². The van der Waals surface area contributed by atoms with Crippen LogP contribution < -0.4 is 4.90 Å². The van der Waals surface area contributed by atoms with E-state index in [1.54, 1.807) is 0 Å². The molecule has 2 heteroatoms. The molecule has 0 saturated heterocycles. The van der Waals surface area contributed by atoms with E-state index in [0.717, 1.165) is 0 Å². The largest absolute Gasteiger partial charge is 0.310 e. The van der Waals surface area contributed by atoms with Gasteiger partial charge in [-0.1, -0.05) is 179 Å². The van der Waals surface area contributed by atoms with Gasteiger partial charge in [-0.15, -0.1) is 0 Å². The van der Waals surface area contributed by atoms with Gasteiger partial charge in [-0.3, -0.25) is 0 Å². The summed E-state index contributed by atoms with van der Waals surface area (Å²) in [6.45, 7) is 9.54. The maximum absolute atomic E-state index is 2.55. The summed E-state index contributed by atoms with van der Waals surface area (Å²) in [5.41, 5.74) is 21.8. The van der Waals surface area contributed by atoms with Crippen LogP contribution in [0.25, 0.3) is 44.2 Å². The molecule has 3 aliphatic carbocycles. The zero-order chi connectivity index (χ0) is 40.8. The second kappa shape index (κ2) is 12.2. The van der Waals surface area contributed by atoms with Crippen molar-refractivity contribution in [2.45, 2.75) is 53.7 Å². The maximum atomic E-state index is 2.55. The summed E-state index contributed by atoms with van der Waals surface area (Å²) in [6.07, 6.45) is 0. The number of hydrogen-bond donors (Lipinski definition) is 0. The van der Waals surface area contributed by atoms with Crippen LogP contribution in [-0.4, -0.2) is 0 Å². The van der Waals surface area contributed by atoms with Gasteiger partial charge in [-0.25, -0.2) is 0 Å². The highest BCUT2D eigenvalue weighted by atomic mass is 32.2. The quantitative estimate of drug-likeness (QED) is 0.175. The second-order valence-electron chi connectivity index (χ2n) is 18.4. The molecule has 0 atom stereocenters. The van der Waals surface area contributed by atoms with Gasteiger partial charge in [-0.05, 0) is 132 Å². The average Bonchev–Trinajstić information content (AvgIpc) is 3.81. The van der Waals surface area contributed by atoms with Gasteiger partial charge in [0.25, 0.3) is 0 Å². The van der Waals surface area contributed by atoms with Crippen molar-refractivity contribution in [1.82, 2.24) is 0 Å². The third-order valence-corrected chi connectivity index (χ3v) is 15.8. The van der Waals surface area contributed by atoms with Crippen molar-refractivity contribution >= 4 is 39.6 Å². The Labute approximate surface area is 362 Å². The molecule has 290 valence electrons. The van der Waals surface area contributed by atoms with Crippen LogP contribution in [0.15, 0.2) is 198 Å². The number of fused-ring (bicyclic) bond motifs is 16. The Kier molecular flexibility index (Phi) is 7.06. The lowest BCUT2D eigenvalue weighted by molar-refractivity contribution is 0.660. The first-order valence-electron chi connectivity index (χ1n) is 21.6. The summed E-state index contributed by atoms with van der Waals surface area (Å²) in [4.78, 5) is 5.17. The first-order chi connectivity index (χ1) is 29.8. The van der Waals surface area contributed by atoms with Gasteiger partial charge in [0.2, 0.25) is 0 Å². The number of hydrogen-bond acceptors (Lipinski definition) is 2. The second-order valence-corrected chi connectivity index (χ2v) is 19.5. The lowest BCUT2D eigenvalue weighted by Gasteiger charge is -2.40. The van der Waals surface area contributed by atoms with Crippen molar-refractivity contribution in [3.8, 4) is 33.4 Å². The predicted molar refractivity (Wildman–Crippen MR) is 255 cm³/mol. The van der Waals surface area contributed by atoms with Crippen LogP contribution in [0.5, 0.6) is 0 Å². The van der Waals surface area contributed by atoms with Crippen LogP contribution >= 0.6 is 11.8 Å². The number of anilines is 3. The van der Waals surface area contributed by atoms with E-state index in [2.05, 4.69) is 221 Å². The van der Waals surface area contributed by atoms with E-state index in [0.29, 0.717) is 0 Å². The molecule has 1 nitrogen and oxygen atoms in total. The normalized spacial score (nSPS) is 15.9. The molecule has 0 N–H and O–H groups in total. The highest BCUT2D eigenvalue weighted by molar-refractivity contribution is 7.99. The molecule has 0 amide bonds. The van der Waals surface area contributed by atoms with Gasteiger partial charge in [0.1, 0.15) is 0 Å². The van der Waals surface area contributed by atoms with Gasteiger partial charge in [0, 0.05) is 37.4 Å². The molecule has 0 bridgehead atoms. The van der Waals surface area contributed by atoms with E-state index in [-0.39, 0.29) is 10.8 Å². The fourth-order valence-corrected chi connectivity index (χ4v) is 13.1. The minimum absolute atomic E-state index is 0.126. The molecule has 9 aromatic carbocycles. The minimum atomic E-state index is -0.421. The van der Waals surface area contributed by atoms with Gasteiger partial charge in [0.15, 0.2) is 0 Å². The molecule has 0 unspecified atom stereocenters. The zero-order valence-corrected chi connectivity index (χ0v) is 35.6. The summed E-state index contributed by atoms with van der Waals surface area (Å²) >= 11 is 1.92. The van der Waals surface area contributed by atoms with Gasteiger partial charge >= 0.3 is 0 Å².